The van der Waals surface area contributed by atoms with Crippen LogP contribution in [0.15, 0.2) is 0 Å². The number of rotatable bonds is 4. The minimum atomic E-state index is -0.449. The SMILES string of the molecule is COC(=O)C(C)N1CC[C@H](CC(C)C)C1=O. The molecule has 4 heteroatoms. The molecule has 0 spiro atoms. The second-order valence-electron chi connectivity index (χ2n) is 4.85. The van der Waals surface area contributed by atoms with E-state index in [-0.39, 0.29) is 17.8 Å². The third-order valence-electron chi connectivity index (χ3n) is 3.12. The molecule has 0 aromatic carbocycles. The molecule has 0 radical (unpaired) electrons. The van der Waals surface area contributed by atoms with E-state index >= 15 is 0 Å². The zero-order chi connectivity index (χ0) is 12.3. The van der Waals surface area contributed by atoms with E-state index in [9.17, 15) is 9.59 Å². The molecule has 0 aromatic rings. The maximum absolute atomic E-state index is 12.0. The van der Waals surface area contributed by atoms with Gasteiger partial charge in [-0.05, 0) is 25.7 Å². The summed E-state index contributed by atoms with van der Waals surface area (Å²) in [5.41, 5.74) is 0. The Morgan fingerprint density at radius 3 is 2.62 bits per heavy atom. The fraction of sp³-hybridized carbons (Fsp3) is 0.833. The van der Waals surface area contributed by atoms with Crippen LogP contribution >= 0.6 is 0 Å². The topological polar surface area (TPSA) is 46.6 Å². The average molecular weight is 227 g/mol. The van der Waals surface area contributed by atoms with Gasteiger partial charge >= 0.3 is 5.97 Å². The molecule has 1 saturated heterocycles. The van der Waals surface area contributed by atoms with Crippen LogP contribution in [0, 0.1) is 11.8 Å². The number of hydrogen-bond donors (Lipinski definition) is 0. The summed E-state index contributed by atoms with van der Waals surface area (Å²) in [7, 11) is 1.35. The highest BCUT2D eigenvalue weighted by molar-refractivity contribution is 5.87. The molecule has 1 heterocycles. The van der Waals surface area contributed by atoms with Crippen LogP contribution in [-0.2, 0) is 14.3 Å². The summed E-state index contributed by atoms with van der Waals surface area (Å²) in [6.07, 6.45) is 1.77. The van der Waals surface area contributed by atoms with Crippen molar-refractivity contribution >= 4 is 11.9 Å². The van der Waals surface area contributed by atoms with Crippen LogP contribution < -0.4 is 0 Å². The summed E-state index contributed by atoms with van der Waals surface area (Å²) >= 11 is 0. The molecule has 1 amide bonds. The van der Waals surface area contributed by atoms with Crippen LogP contribution in [0.1, 0.15) is 33.6 Å². The molecular formula is C12H21NO3. The van der Waals surface area contributed by atoms with Crippen molar-refractivity contribution < 1.29 is 14.3 Å². The van der Waals surface area contributed by atoms with E-state index in [1.165, 1.54) is 7.11 Å². The molecular weight excluding hydrogens is 206 g/mol. The number of nitrogens with zero attached hydrogens (tertiary/aromatic N) is 1. The summed E-state index contributed by atoms with van der Waals surface area (Å²) < 4.78 is 4.66. The van der Waals surface area contributed by atoms with Gasteiger partial charge in [-0.2, -0.15) is 0 Å². The normalized spacial score (nSPS) is 22.7. The van der Waals surface area contributed by atoms with Gasteiger partial charge in [0.05, 0.1) is 7.11 Å². The van der Waals surface area contributed by atoms with Crippen molar-refractivity contribution in [3.8, 4) is 0 Å². The molecule has 0 aliphatic carbocycles. The Labute approximate surface area is 96.9 Å². The maximum atomic E-state index is 12.0. The lowest BCUT2D eigenvalue weighted by atomic mass is 9.96. The molecule has 2 atom stereocenters. The van der Waals surface area contributed by atoms with Gasteiger partial charge < -0.3 is 9.64 Å². The lowest BCUT2D eigenvalue weighted by Crippen LogP contribution is -2.41. The Hall–Kier alpha value is -1.06. The maximum Gasteiger partial charge on any atom is 0.328 e. The Morgan fingerprint density at radius 2 is 2.12 bits per heavy atom. The minimum Gasteiger partial charge on any atom is -0.467 e. The molecule has 1 fully saturated rings. The Balaban J connectivity index is 2.60. The standard InChI is InChI=1S/C12H21NO3/c1-8(2)7-10-5-6-13(11(10)14)9(3)12(15)16-4/h8-10H,5-7H2,1-4H3/t9?,10-/m1/s1. The third kappa shape index (κ3) is 2.74. The molecule has 0 saturated carbocycles. The number of carbonyl (C=O) groups excluding carboxylic acids is 2. The number of hydrogen-bond acceptors (Lipinski definition) is 3. The first-order valence-electron chi connectivity index (χ1n) is 5.85. The molecule has 4 nitrogen and oxygen atoms in total. The van der Waals surface area contributed by atoms with Crippen LogP contribution in [0.4, 0.5) is 0 Å². The van der Waals surface area contributed by atoms with Gasteiger partial charge in [0.2, 0.25) is 5.91 Å². The Kier molecular flexibility index (Phi) is 4.33. The lowest BCUT2D eigenvalue weighted by molar-refractivity contribution is -0.151. The molecule has 16 heavy (non-hydrogen) atoms. The van der Waals surface area contributed by atoms with E-state index in [0.717, 1.165) is 12.8 Å². The lowest BCUT2D eigenvalue weighted by Gasteiger charge is -2.22. The van der Waals surface area contributed by atoms with Crippen molar-refractivity contribution in [1.29, 1.82) is 0 Å². The number of ether oxygens (including phenoxy) is 1. The quantitative estimate of drug-likeness (QED) is 0.683. The van der Waals surface area contributed by atoms with Crippen molar-refractivity contribution in [1.82, 2.24) is 4.90 Å². The summed E-state index contributed by atoms with van der Waals surface area (Å²) in [5, 5.41) is 0. The highest BCUT2D eigenvalue weighted by atomic mass is 16.5. The first-order valence-corrected chi connectivity index (χ1v) is 5.85. The molecule has 0 bridgehead atoms. The zero-order valence-electron chi connectivity index (χ0n) is 10.5. The number of amides is 1. The summed E-state index contributed by atoms with van der Waals surface area (Å²) in [6, 6.07) is -0.449. The zero-order valence-corrected chi connectivity index (χ0v) is 10.5. The van der Waals surface area contributed by atoms with Gasteiger partial charge in [-0.15, -0.1) is 0 Å². The highest BCUT2D eigenvalue weighted by Crippen LogP contribution is 2.26. The van der Waals surface area contributed by atoms with E-state index in [4.69, 9.17) is 0 Å². The van der Waals surface area contributed by atoms with E-state index < -0.39 is 6.04 Å². The first kappa shape index (κ1) is 13.0. The van der Waals surface area contributed by atoms with Crippen molar-refractivity contribution in [2.75, 3.05) is 13.7 Å². The summed E-state index contributed by atoms with van der Waals surface area (Å²) in [4.78, 5) is 25.0. The van der Waals surface area contributed by atoms with Crippen LogP contribution in [0.3, 0.4) is 0 Å². The number of esters is 1. The summed E-state index contributed by atoms with van der Waals surface area (Å²) in [5.74, 6) is 0.375. The predicted molar refractivity (Wildman–Crippen MR) is 60.8 cm³/mol. The van der Waals surface area contributed by atoms with Gasteiger partial charge in [-0.25, -0.2) is 4.79 Å². The number of methoxy groups -OCH3 is 1. The molecule has 0 aromatic heterocycles. The van der Waals surface area contributed by atoms with Crippen LogP contribution in [-0.4, -0.2) is 36.5 Å². The van der Waals surface area contributed by atoms with E-state index in [0.29, 0.717) is 12.5 Å². The smallest absolute Gasteiger partial charge is 0.328 e. The third-order valence-corrected chi connectivity index (χ3v) is 3.12. The molecule has 0 N–H and O–H groups in total. The largest absolute Gasteiger partial charge is 0.467 e. The van der Waals surface area contributed by atoms with Gasteiger partial charge in [0, 0.05) is 12.5 Å². The Morgan fingerprint density at radius 1 is 1.50 bits per heavy atom. The number of carbonyl (C=O) groups is 2. The van der Waals surface area contributed by atoms with Crippen molar-refractivity contribution in [2.24, 2.45) is 11.8 Å². The molecule has 1 aliphatic rings. The first-order chi connectivity index (χ1) is 7.47. The highest BCUT2D eigenvalue weighted by Gasteiger charge is 2.37. The van der Waals surface area contributed by atoms with Crippen molar-refractivity contribution in [2.45, 2.75) is 39.7 Å². The van der Waals surface area contributed by atoms with Crippen LogP contribution in [0.2, 0.25) is 0 Å². The van der Waals surface area contributed by atoms with Crippen molar-refractivity contribution in [3.05, 3.63) is 0 Å². The predicted octanol–water partition coefficient (Wildman–Crippen LogP) is 1.44. The molecule has 1 aliphatic heterocycles. The van der Waals surface area contributed by atoms with Crippen molar-refractivity contribution in [3.63, 3.8) is 0 Å². The van der Waals surface area contributed by atoms with Gasteiger partial charge in [-0.1, -0.05) is 13.8 Å². The van der Waals surface area contributed by atoms with E-state index in [2.05, 4.69) is 18.6 Å². The molecule has 1 rings (SSSR count). The summed E-state index contributed by atoms with van der Waals surface area (Å²) in [6.45, 7) is 6.62. The fourth-order valence-corrected chi connectivity index (χ4v) is 2.23. The molecule has 1 unspecified atom stereocenters. The second kappa shape index (κ2) is 5.32. The minimum absolute atomic E-state index is 0.0899. The van der Waals surface area contributed by atoms with Crippen LogP contribution in [0.25, 0.3) is 0 Å². The van der Waals surface area contributed by atoms with Gasteiger partial charge in [-0.3, -0.25) is 4.79 Å². The van der Waals surface area contributed by atoms with Gasteiger partial charge in [0.25, 0.3) is 0 Å². The van der Waals surface area contributed by atoms with Gasteiger partial charge in [0.15, 0.2) is 0 Å². The second-order valence-corrected chi connectivity index (χ2v) is 4.85. The van der Waals surface area contributed by atoms with Crippen LogP contribution in [0.5, 0.6) is 0 Å². The van der Waals surface area contributed by atoms with E-state index in [1.807, 2.05) is 0 Å². The average Bonchev–Trinajstić information content (AvgIpc) is 2.58. The fourth-order valence-electron chi connectivity index (χ4n) is 2.23. The monoisotopic (exact) mass is 227 g/mol. The Bertz CT molecular complexity index is 275. The number of likely N-dealkylation sites (tertiary alicyclic amines) is 1. The van der Waals surface area contributed by atoms with E-state index in [1.54, 1.807) is 11.8 Å². The van der Waals surface area contributed by atoms with Gasteiger partial charge in [0.1, 0.15) is 6.04 Å². The molecule has 92 valence electrons.